The minimum atomic E-state index is 0.668. The van der Waals surface area contributed by atoms with Crippen molar-refractivity contribution >= 4 is 27.3 Å². The monoisotopic (exact) mass is 330 g/mol. The van der Waals surface area contributed by atoms with Crippen LogP contribution in [0, 0.1) is 0 Å². The van der Waals surface area contributed by atoms with E-state index in [4.69, 9.17) is 0 Å². The maximum atomic E-state index is 3.68. The smallest absolute Gasteiger partial charge is 0.0701 e. The number of halogens is 1. The Bertz CT molecular complexity index is 366. The van der Waals surface area contributed by atoms with Crippen molar-refractivity contribution < 1.29 is 0 Å². The third kappa shape index (κ3) is 3.80. The average Bonchev–Trinajstić information content (AvgIpc) is 2.77. The van der Waals surface area contributed by atoms with Gasteiger partial charge in [-0.3, -0.25) is 4.90 Å². The molecule has 102 valence electrons. The molecule has 2 unspecified atom stereocenters. The standard InChI is InChI=1S/C14H23BrN2S/c1-3-5-12-8-16-11(4-2)9-17(12)10-13-6-7-14(15)18-13/h6-7,11-12,16H,3-5,8-10H2,1-2H3. The molecule has 4 heteroatoms. The van der Waals surface area contributed by atoms with Crippen LogP contribution in [0.15, 0.2) is 15.9 Å². The van der Waals surface area contributed by atoms with E-state index in [0.717, 1.165) is 13.1 Å². The lowest BCUT2D eigenvalue weighted by molar-refractivity contribution is 0.115. The highest BCUT2D eigenvalue weighted by atomic mass is 79.9. The largest absolute Gasteiger partial charge is 0.311 e. The summed E-state index contributed by atoms with van der Waals surface area (Å²) in [7, 11) is 0. The van der Waals surface area contributed by atoms with E-state index >= 15 is 0 Å². The Hall–Kier alpha value is 0.1000. The number of piperazine rings is 1. The first kappa shape index (κ1) is 14.5. The van der Waals surface area contributed by atoms with Crippen molar-refractivity contribution in [3.05, 3.63) is 20.8 Å². The predicted molar refractivity (Wildman–Crippen MR) is 83.2 cm³/mol. The van der Waals surface area contributed by atoms with Gasteiger partial charge in [0.05, 0.1) is 3.79 Å². The van der Waals surface area contributed by atoms with Gasteiger partial charge in [0.15, 0.2) is 0 Å². The summed E-state index contributed by atoms with van der Waals surface area (Å²) >= 11 is 5.42. The topological polar surface area (TPSA) is 15.3 Å². The second-order valence-electron chi connectivity index (χ2n) is 5.09. The van der Waals surface area contributed by atoms with Gasteiger partial charge in [-0.05, 0) is 40.9 Å². The maximum Gasteiger partial charge on any atom is 0.0701 e. The van der Waals surface area contributed by atoms with E-state index in [1.807, 2.05) is 11.3 Å². The predicted octanol–water partition coefficient (Wildman–Crippen LogP) is 3.86. The molecule has 0 aliphatic carbocycles. The normalized spacial score (nSPS) is 25.5. The van der Waals surface area contributed by atoms with Crippen LogP contribution in [-0.2, 0) is 6.54 Å². The third-order valence-corrected chi connectivity index (χ3v) is 5.32. The molecule has 1 aliphatic rings. The van der Waals surface area contributed by atoms with Gasteiger partial charge >= 0.3 is 0 Å². The van der Waals surface area contributed by atoms with Gasteiger partial charge < -0.3 is 5.32 Å². The second-order valence-corrected chi connectivity index (χ2v) is 7.64. The minimum absolute atomic E-state index is 0.668. The van der Waals surface area contributed by atoms with Crippen molar-refractivity contribution in [1.82, 2.24) is 10.2 Å². The first-order chi connectivity index (χ1) is 8.72. The Balaban J connectivity index is 2.00. The first-order valence-electron chi connectivity index (χ1n) is 6.94. The summed E-state index contributed by atoms with van der Waals surface area (Å²) in [4.78, 5) is 4.15. The summed E-state index contributed by atoms with van der Waals surface area (Å²) in [5.41, 5.74) is 0. The van der Waals surface area contributed by atoms with Gasteiger partial charge in [0.2, 0.25) is 0 Å². The number of thiophene rings is 1. The van der Waals surface area contributed by atoms with Crippen LogP contribution in [0.5, 0.6) is 0 Å². The van der Waals surface area contributed by atoms with Gasteiger partial charge in [-0.1, -0.05) is 20.3 Å². The Kier molecular flexibility index (Phi) is 5.67. The number of nitrogens with zero attached hydrogens (tertiary/aromatic N) is 1. The Morgan fingerprint density at radius 1 is 1.44 bits per heavy atom. The van der Waals surface area contributed by atoms with Crippen LogP contribution in [0.25, 0.3) is 0 Å². The molecule has 18 heavy (non-hydrogen) atoms. The van der Waals surface area contributed by atoms with Gasteiger partial charge in [-0.2, -0.15) is 0 Å². The number of hydrogen-bond acceptors (Lipinski definition) is 3. The summed E-state index contributed by atoms with van der Waals surface area (Å²) in [6.45, 7) is 8.01. The lowest BCUT2D eigenvalue weighted by atomic mass is 10.0. The van der Waals surface area contributed by atoms with Crippen molar-refractivity contribution in [3.8, 4) is 0 Å². The van der Waals surface area contributed by atoms with Gasteiger partial charge in [-0.15, -0.1) is 11.3 Å². The number of rotatable bonds is 5. The molecule has 2 rings (SSSR count). The quantitative estimate of drug-likeness (QED) is 0.881. The number of hydrogen-bond donors (Lipinski definition) is 1. The van der Waals surface area contributed by atoms with E-state index in [1.165, 1.54) is 34.5 Å². The summed E-state index contributed by atoms with van der Waals surface area (Å²) < 4.78 is 1.24. The lowest BCUT2D eigenvalue weighted by Crippen LogP contribution is -2.55. The number of nitrogens with one attached hydrogen (secondary N) is 1. The molecule has 1 N–H and O–H groups in total. The molecule has 1 saturated heterocycles. The van der Waals surface area contributed by atoms with E-state index in [-0.39, 0.29) is 0 Å². The molecule has 0 aromatic carbocycles. The van der Waals surface area contributed by atoms with Crippen molar-refractivity contribution in [2.24, 2.45) is 0 Å². The third-order valence-electron chi connectivity index (χ3n) is 3.72. The highest BCUT2D eigenvalue weighted by Gasteiger charge is 2.26. The SMILES string of the molecule is CCCC1CNC(CC)CN1Cc1ccc(Br)s1. The molecule has 1 aromatic rings. The molecule has 0 amide bonds. The van der Waals surface area contributed by atoms with Crippen LogP contribution in [0.4, 0.5) is 0 Å². The minimum Gasteiger partial charge on any atom is -0.311 e. The van der Waals surface area contributed by atoms with E-state index < -0.39 is 0 Å². The summed E-state index contributed by atoms with van der Waals surface area (Å²) in [5, 5.41) is 3.68. The van der Waals surface area contributed by atoms with E-state index in [1.54, 1.807) is 0 Å². The molecule has 0 radical (unpaired) electrons. The van der Waals surface area contributed by atoms with Crippen molar-refractivity contribution in [2.45, 2.75) is 51.7 Å². The zero-order valence-electron chi connectivity index (χ0n) is 11.3. The molecule has 0 spiro atoms. The van der Waals surface area contributed by atoms with Crippen molar-refractivity contribution in [1.29, 1.82) is 0 Å². The lowest BCUT2D eigenvalue weighted by Gasteiger charge is -2.40. The summed E-state index contributed by atoms with van der Waals surface area (Å²) in [6.07, 6.45) is 3.80. The highest BCUT2D eigenvalue weighted by molar-refractivity contribution is 9.11. The van der Waals surface area contributed by atoms with Crippen molar-refractivity contribution in [3.63, 3.8) is 0 Å². The Morgan fingerprint density at radius 2 is 2.28 bits per heavy atom. The van der Waals surface area contributed by atoms with Gasteiger partial charge in [0.25, 0.3) is 0 Å². The Morgan fingerprint density at radius 3 is 2.89 bits per heavy atom. The summed E-state index contributed by atoms with van der Waals surface area (Å²) in [5.74, 6) is 0. The van der Waals surface area contributed by atoms with Crippen LogP contribution < -0.4 is 5.32 Å². The van der Waals surface area contributed by atoms with Crippen molar-refractivity contribution in [2.75, 3.05) is 13.1 Å². The fourth-order valence-corrected chi connectivity index (χ4v) is 4.16. The van der Waals surface area contributed by atoms with Crippen LogP contribution in [0.1, 0.15) is 38.0 Å². The first-order valence-corrected chi connectivity index (χ1v) is 8.55. The fraction of sp³-hybridized carbons (Fsp3) is 0.714. The molecular weight excluding hydrogens is 308 g/mol. The molecule has 1 aliphatic heterocycles. The average molecular weight is 331 g/mol. The second kappa shape index (κ2) is 7.04. The van der Waals surface area contributed by atoms with Gasteiger partial charge in [0, 0.05) is 36.6 Å². The van der Waals surface area contributed by atoms with E-state index in [2.05, 4.69) is 52.1 Å². The molecule has 1 fully saturated rings. The molecule has 2 heterocycles. The zero-order chi connectivity index (χ0) is 13.0. The van der Waals surface area contributed by atoms with Gasteiger partial charge in [0.1, 0.15) is 0 Å². The molecule has 2 atom stereocenters. The van der Waals surface area contributed by atoms with E-state index in [9.17, 15) is 0 Å². The van der Waals surface area contributed by atoms with Crippen LogP contribution >= 0.6 is 27.3 Å². The Labute approximate surface area is 123 Å². The summed E-state index contributed by atoms with van der Waals surface area (Å²) in [6, 6.07) is 5.79. The molecule has 1 aromatic heterocycles. The maximum absolute atomic E-state index is 3.68. The van der Waals surface area contributed by atoms with E-state index in [0.29, 0.717) is 12.1 Å². The van der Waals surface area contributed by atoms with Gasteiger partial charge in [-0.25, -0.2) is 0 Å². The molecule has 0 bridgehead atoms. The highest BCUT2D eigenvalue weighted by Crippen LogP contribution is 2.25. The molecule has 2 nitrogen and oxygen atoms in total. The zero-order valence-corrected chi connectivity index (χ0v) is 13.7. The van der Waals surface area contributed by atoms with Crippen LogP contribution in [0.2, 0.25) is 0 Å². The molecular formula is C14H23BrN2S. The van der Waals surface area contributed by atoms with Crippen LogP contribution in [0.3, 0.4) is 0 Å². The molecule has 0 saturated carbocycles. The fourth-order valence-electron chi connectivity index (χ4n) is 2.65. The van der Waals surface area contributed by atoms with Crippen LogP contribution in [-0.4, -0.2) is 30.1 Å².